The molecule has 0 bridgehead atoms. The number of carbonyl (C=O) groups is 2. The average Bonchev–Trinajstić information content (AvgIpc) is 3.04. The first-order chi connectivity index (χ1) is 13.9. The molecule has 29 heavy (non-hydrogen) atoms. The highest BCUT2D eigenvalue weighted by Gasteiger charge is 2.43. The molecule has 3 heterocycles. The van der Waals surface area contributed by atoms with Gasteiger partial charge < -0.3 is 10.2 Å². The molecule has 2 aromatic rings. The van der Waals surface area contributed by atoms with Crippen LogP contribution in [-0.4, -0.2) is 46.9 Å². The minimum Gasteiger partial charge on any atom is -0.333 e. The van der Waals surface area contributed by atoms with Crippen molar-refractivity contribution in [1.29, 1.82) is 0 Å². The lowest BCUT2D eigenvalue weighted by atomic mass is 9.90. The Bertz CT molecular complexity index is 1010. The third kappa shape index (κ3) is 3.39. The van der Waals surface area contributed by atoms with Crippen LogP contribution in [0.15, 0.2) is 47.8 Å². The van der Waals surface area contributed by atoms with Crippen molar-refractivity contribution < 1.29 is 9.59 Å². The Morgan fingerprint density at radius 2 is 1.86 bits per heavy atom. The van der Waals surface area contributed by atoms with Crippen LogP contribution in [0.2, 0.25) is 0 Å². The van der Waals surface area contributed by atoms with Gasteiger partial charge in [-0.05, 0) is 55.2 Å². The predicted octanol–water partition coefficient (Wildman–Crippen LogP) is 3.04. The van der Waals surface area contributed by atoms with E-state index in [0.29, 0.717) is 25.1 Å². The lowest BCUT2D eigenvalue weighted by molar-refractivity contribution is -0.125. The van der Waals surface area contributed by atoms with Crippen molar-refractivity contribution in [3.63, 3.8) is 0 Å². The molecule has 3 amide bonds. The normalized spacial score (nSPS) is 19.0. The highest BCUT2D eigenvalue weighted by atomic mass is 16.2. The van der Waals surface area contributed by atoms with Crippen molar-refractivity contribution in [3.05, 3.63) is 75.7 Å². The van der Waals surface area contributed by atoms with Crippen LogP contribution in [0, 0.1) is 20.8 Å². The van der Waals surface area contributed by atoms with E-state index in [4.69, 9.17) is 0 Å². The Hall–Kier alpha value is -3.15. The molecule has 1 atom stereocenters. The summed E-state index contributed by atoms with van der Waals surface area (Å²) < 4.78 is 0. The number of aryl methyl sites for hydroxylation is 3. The van der Waals surface area contributed by atoms with Gasteiger partial charge in [0.15, 0.2) is 0 Å². The number of urea groups is 1. The summed E-state index contributed by atoms with van der Waals surface area (Å²) in [6, 6.07) is 9.42. The van der Waals surface area contributed by atoms with Crippen LogP contribution in [-0.2, 0) is 11.2 Å². The topological polar surface area (TPSA) is 65.5 Å². The molecule has 1 aromatic heterocycles. The van der Waals surface area contributed by atoms with Gasteiger partial charge in [-0.1, -0.05) is 18.2 Å². The van der Waals surface area contributed by atoms with Crippen molar-refractivity contribution in [3.8, 4) is 0 Å². The van der Waals surface area contributed by atoms with E-state index in [0.717, 1.165) is 28.1 Å². The molecule has 6 heteroatoms. The summed E-state index contributed by atoms with van der Waals surface area (Å²) in [6.45, 7) is 7.18. The highest BCUT2D eigenvalue weighted by Crippen LogP contribution is 2.37. The summed E-state index contributed by atoms with van der Waals surface area (Å²) in [4.78, 5) is 33.7. The van der Waals surface area contributed by atoms with E-state index < -0.39 is 6.04 Å². The molecule has 2 aliphatic heterocycles. The van der Waals surface area contributed by atoms with Crippen molar-refractivity contribution in [2.24, 2.45) is 0 Å². The summed E-state index contributed by atoms with van der Waals surface area (Å²) in [5.41, 5.74) is 6.85. The second kappa shape index (κ2) is 7.35. The minimum absolute atomic E-state index is 0.00888. The molecule has 0 saturated heterocycles. The lowest BCUT2D eigenvalue weighted by Gasteiger charge is -2.32. The maximum Gasteiger partial charge on any atom is 0.322 e. The fourth-order valence-corrected chi connectivity index (χ4v) is 4.13. The minimum atomic E-state index is -0.416. The number of hydrogen-bond donors (Lipinski definition) is 1. The van der Waals surface area contributed by atoms with Gasteiger partial charge in [-0.2, -0.15) is 0 Å². The van der Waals surface area contributed by atoms with Crippen molar-refractivity contribution in [2.45, 2.75) is 33.2 Å². The van der Waals surface area contributed by atoms with Crippen molar-refractivity contribution >= 4 is 11.9 Å². The van der Waals surface area contributed by atoms with Gasteiger partial charge in [0.1, 0.15) is 0 Å². The molecule has 0 radical (unpaired) electrons. The SMILES string of the molecule is Cc1cc(C)c([C@@H]2NC(=O)N(C)C3=C2C(=O)N(CCc2ccccn2)C3)cc1C. The molecule has 0 fully saturated rings. The zero-order valence-electron chi connectivity index (χ0n) is 17.3. The van der Waals surface area contributed by atoms with Gasteiger partial charge in [-0.25, -0.2) is 4.79 Å². The summed E-state index contributed by atoms with van der Waals surface area (Å²) >= 11 is 0. The smallest absolute Gasteiger partial charge is 0.322 e. The summed E-state index contributed by atoms with van der Waals surface area (Å²) in [5, 5.41) is 3.04. The molecule has 0 spiro atoms. The Labute approximate surface area is 171 Å². The Morgan fingerprint density at radius 1 is 1.10 bits per heavy atom. The van der Waals surface area contributed by atoms with Gasteiger partial charge >= 0.3 is 6.03 Å². The third-order valence-electron chi connectivity index (χ3n) is 5.99. The third-order valence-corrected chi connectivity index (χ3v) is 5.99. The van der Waals surface area contributed by atoms with E-state index in [2.05, 4.69) is 36.3 Å². The second-order valence-corrected chi connectivity index (χ2v) is 7.89. The van der Waals surface area contributed by atoms with Gasteiger partial charge in [0.25, 0.3) is 5.91 Å². The summed E-state index contributed by atoms with van der Waals surface area (Å²) in [7, 11) is 1.73. The zero-order valence-corrected chi connectivity index (χ0v) is 17.3. The monoisotopic (exact) mass is 390 g/mol. The van der Waals surface area contributed by atoms with Gasteiger partial charge in [0.05, 0.1) is 23.9 Å². The maximum atomic E-state index is 13.3. The molecule has 4 rings (SSSR count). The molecular weight excluding hydrogens is 364 g/mol. The number of hydrogen-bond acceptors (Lipinski definition) is 3. The van der Waals surface area contributed by atoms with Crippen LogP contribution in [0.4, 0.5) is 4.79 Å². The Morgan fingerprint density at radius 3 is 2.59 bits per heavy atom. The average molecular weight is 390 g/mol. The van der Waals surface area contributed by atoms with Crippen LogP contribution >= 0.6 is 0 Å². The Kier molecular flexibility index (Phi) is 4.86. The number of rotatable bonds is 4. The molecule has 0 aliphatic carbocycles. The van der Waals surface area contributed by atoms with E-state index in [-0.39, 0.29) is 11.9 Å². The Balaban J connectivity index is 1.65. The van der Waals surface area contributed by atoms with Crippen LogP contribution in [0.25, 0.3) is 0 Å². The first kappa shape index (κ1) is 19.2. The number of pyridine rings is 1. The number of aromatic nitrogens is 1. The molecule has 0 unspecified atom stereocenters. The number of amides is 3. The van der Waals surface area contributed by atoms with E-state index in [9.17, 15) is 9.59 Å². The van der Waals surface area contributed by atoms with E-state index in [1.54, 1.807) is 18.1 Å². The molecular formula is C23H26N4O2. The molecule has 0 saturated carbocycles. The molecule has 1 N–H and O–H groups in total. The number of carbonyl (C=O) groups excluding carboxylic acids is 2. The zero-order chi connectivity index (χ0) is 20.7. The standard InChI is InChI=1S/C23H26N4O2/c1-14-11-16(3)18(12-15(14)2)21-20-19(26(4)23(29)25-21)13-27(22(20)28)10-8-17-7-5-6-9-24-17/h5-7,9,11-12,21H,8,10,13H2,1-4H3,(H,25,29)/t21-/m0/s1. The largest absolute Gasteiger partial charge is 0.333 e. The number of nitrogens with zero attached hydrogens (tertiary/aromatic N) is 3. The first-order valence-electron chi connectivity index (χ1n) is 9.91. The van der Waals surface area contributed by atoms with Crippen LogP contribution in [0.3, 0.4) is 0 Å². The van der Waals surface area contributed by atoms with E-state index in [1.165, 1.54) is 5.56 Å². The lowest BCUT2D eigenvalue weighted by Crippen LogP contribution is -2.45. The van der Waals surface area contributed by atoms with Crippen LogP contribution < -0.4 is 5.32 Å². The number of likely N-dealkylation sites (N-methyl/N-ethyl adjacent to an activating group) is 1. The maximum absolute atomic E-state index is 13.3. The van der Waals surface area contributed by atoms with Gasteiger partial charge in [0, 0.05) is 31.9 Å². The first-order valence-corrected chi connectivity index (χ1v) is 9.91. The van der Waals surface area contributed by atoms with Crippen LogP contribution in [0.5, 0.6) is 0 Å². The summed E-state index contributed by atoms with van der Waals surface area (Å²) in [6.07, 6.45) is 2.45. The molecule has 6 nitrogen and oxygen atoms in total. The second-order valence-electron chi connectivity index (χ2n) is 7.89. The quantitative estimate of drug-likeness (QED) is 0.873. The molecule has 2 aliphatic rings. The van der Waals surface area contributed by atoms with E-state index >= 15 is 0 Å². The fraction of sp³-hybridized carbons (Fsp3) is 0.348. The van der Waals surface area contributed by atoms with Gasteiger partial charge in [-0.3, -0.25) is 14.7 Å². The van der Waals surface area contributed by atoms with Crippen molar-refractivity contribution in [1.82, 2.24) is 20.1 Å². The highest BCUT2D eigenvalue weighted by molar-refractivity contribution is 6.01. The molecule has 1 aromatic carbocycles. The van der Waals surface area contributed by atoms with Crippen LogP contribution in [0.1, 0.15) is 34.0 Å². The fourth-order valence-electron chi connectivity index (χ4n) is 4.13. The summed E-state index contributed by atoms with van der Waals surface area (Å²) in [5.74, 6) is -0.00888. The predicted molar refractivity (Wildman–Crippen MR) is 111 cm³/mol. The van der Waals surface area contributed by atoms with Crippen molar-refractivity contribution in [2.75, 3.05) is 20.1 Å². The number of nitrogens with one attached hydrogen (secondary N) is 1. The van der Waals surface area contributed by atoms with E-state index in [1.807, 2.05) is 30.0 Å². The van der Waals surface area contributed by atoms with Gasteiger partial charge in [0.2, 0.25) is 0 Å². The van der Waals surface area contributed by atoms with Gasteiger partial charge in [-0.15, -0.1) is 0 Å². The number of benzene rings is 1. The molecule has 150 valence electrons.